The van der Waals surface area contributed by atoms with Crippen LogP contribution in [-0.4, -0.2) is 16.6 Å². The Balaban J connectivity index is 2.05. The van der Waals surface area contributed by atoms with Crippen LogP contribution in [0.5, 0.6) is 5.75 Å². The quantitative estimate of drug-likeness (QED) is 0.853. The molecule has 0 spiro atoms. The van der Waals surface area contributed by atoms with Gasteiger partial charge in [-0.1, -0.05) is 26.8 Å². The van der Waals surface area contributed by atoms with Crippen LogP contribution in [0.2, 0.25) is 0 Å². The van der Waals surface area contributed by atoms with Crippen LogP contribution in [0, 0.1) is 0 Å². The van der Waals surface area contributed by atoms with E-state index >= 15 is 0 Å². The summed E-state index contributed by atoms with van der Waals surface area (Å²) in [5.74, 6) is 1.28. The second-order valence-electron chi connectivity index (χ2n) is 6.72. The third-order valence-electron chi connectivity index (χ3n) is 4.08. The Morgan fingerprint density at radius 2 is 1.95 bits per heavy atom. The molecule has 1 aromatic heterocycles. The van der Waals surface area contributed by atoms with Gasteiger partial charge in [-0.2, -0.15) is 0 Å². The second-order valence-corrected chi connectivity index (χ2v) is 6.72. The van der Waals surface area contributed by atoms with Gasteiger partial charge in [0, 0.05) is 24.5 Å². The van der Waals surface area contributed by atoms with Gasteiger partial charge in [0.05, 0.1) is 0 Å². The summed E-state index contributed by atoms with van der Waals surface area (Å²) in [4.78, 5) is 6.77. The number of fused-ring (bicyclic) bond motifs is 1. The maximum absolute atomic E-state index is 9.79. The molecular formula is C18H22N2O. The lowest BCUT2D eigenvalue weighted by Gasteiger charge is -2.31. The number of aryl methyl sites for hydroxylation is 1. The summed E-state index contributed by atoms with van der Waals surface area (Å²) < 4.78 is 0. The number of pyridine rings is 1. The lowest BCUT2D eigenvalue weighted by molar-refractivity contribution is 0.474. The van der Waals surface area contributed by atoms with Gasteiger partial charge in [0.15, 0.2) is 0 Å². The van der Waals surface area contributed by atoms with Crippen LogP contribution in [0.4, 0.5) is 11.5 Å². The van der Waals surface area contributed by atoms with E-state index in [-0.39, 0.29) is 5.41 Å². The molecule has 21 heavy (non-hydrogen) atoms. The minimum Gasteiger partial charge on any atom is -0.508 e. The van der Waals surface area contributed by atoms with Gasteiger partial charge in [-0.05, 0) is 47.6 Å². The number of aromatic hydroxyl groups is 1. The van der Waals surface area contributed by atoms with Crippen molar-refractivity contribution in [2.24, 2.45) is 0 Å². The molecule has 0 radical (unpaired) electrons. The maximum Gasteiger partial charge on any atom is 0.133 e. The molecule has 1 aliphatic heterocycles. The van der Waals surface area contributed by atoms with Crippen molar-refractivity contribution < 1.29 is 5.11 Å². The fraction of sp³-hybridized carbons (Fsp3) is 0.389. The zero-order chi connectivity index (χ0) is 15.0. The molecule has 3 heteroatoms. The van der Waals surface area contributed by atoms with Crippen LogP contribution in [-0.2, 0) is 11.8 Å². The number of hydrogen-bond donors (Lipinski definition) is 1. The van der Waals surface area contributed by atoms with Crippen molar-refractivity contribution in [2.75, 3.05) is 11.4 Å². The summed E-state index contributed by atoms with van der Waals surface area (Å²) in [5.41, 5.74) is 3.75. The molecule has 0 saturated heterocycles. The molecular weight excluding hydrogens is 260 g/mol. The lowest BCUT2D eigenvalue weighted by Crippen LogP contribution is -2.25. The van der Waals surface area contributed by atoms with Gasteiger partial charge >= 0.3 is 0 Å². The van der Waals surface area contributed by atoms with Crippen LogP contribution < -0.4 is 4.90 Å². The van der Waals surface area contributed by atoms with E-state index in [0.29, 0.717) is 5.75 Å². The molecule has 0 atom stereocenters. The molecule has 110 valence electrons. The molecule has 0 unspecified atom stereocenters. The average Bonchev–Trinajstić information content (AvgIpc) is 2.46. The monoisotopic (exact) mass is 282 g/mol. The molecule has 3 nitrogen and oxygen atoms in total. The third-order valence-corrected chi connectivity index (χ3v) is 4.08. The van der Waals surface area contributed by atoms with E-state index in [0.717, 1.165) is 30.9 Å². The lowest BCUT2D eigenvalue weighted by atomic mass is 9.87. The largest absolute Gasteiger partial charge is 0.508 e. The van der Waals surface area contributed by atoms with Crippen molar-refractivity contribution in [1.82, 2.24) is 4.98 Å². The first-order chi connectivity index (χ1) is 9.95. The number of aromatic nitrogens is 1. The van der Waals surface area contributed by atoms with Crippen molar-refractivity contribution in [3.05, 3.63) is 47.7 Å². The number of hydrogen-bond acceptors (Lipinski definition) is 3. The molecule has 1 aromatic carbocycles. The number of benzene rings is 1. The molecule has 1 N–H and O–H groups in total. The molecule has 0 aliphatic carbocycles. The summed E-state index contributed by atoms with van der Waals surface area (Å²) in [6.07, 6.45) is 4.05. The van der Waals surface area contributed by atoms with Gasteiger partial charge in [-0.25, -0.2) is 4.98 Å². The maximum atomic E-state index is 9.79. The SMILES string of the molecule is CC(C)(C)c1ccnc(N2CCCc3ccc(O)cc32)c1. The molecule has 3 rings (SSSR count). The van der Waals surface area contributed by atoms with E-state index < -0.39 is 0 Å². The highest BCUT2D eigenvalue weighted by Gasteiger charge is 2.21. The van der Waals surface area contributed by atoms with Crippen LogP contribution in [0.15, 0.2) is 36.5 Å². The summed E-state index contributed by atoms with van der Waals surface area (Å²) in [5, 5.41) is 9.79. The van der Waals surface area contributed by atoms with Crippen molar-refractivity contribution >= 4 is 11.5 Å². The van der Waals surface area contributed by atoms with Crippen LogP contribution in [0.1, 0.15) is 38.3 Å². The van der Waals surface area contributed by atoms with Gasteiger partial charge in [0.25, 0.3) is 0 Å². The van der Waals surface area contributed by atoms with Crippen LogP contribution in [0.3, 0.4) is 0 Å². The molecule has 2 heterocycles. The highest BCUT2D eigenvalue weighted by atomic mass is 16.3. The van der Waals surface area contributed by atoms with E-state index in [1.54, 1.807) is 6.07 Å². The summed E-state index contributed by atoms with van der Waals surface area (Å²) in [6.45, 7) is 7.57. The highest BCUT2D eigenvalue weighted by Crippen LogP contribution is 2.36. The van der Waals surface area contributed by atoms with E-state index in [1.807, 2.05) is 18.3 Å². The number of phenolic OH excluding ortho intramolecular Hbond substituents is 1. The summed E-state index contributed by atoms with van der Waals surface area (Å²) in [6, 6.07) is 9.88. The number of nitrogens with zero attached hydrogens (tertiary/aromatic N) is 2. The predicted octanol–water partition coefficient (Wildman–Crippen LogP) is 4.17. The molecule has 2 aromatic rings. The molecule has 1 aliphatic rings. The Labute approximate surface area is 126 Å². The van der Waals surface area contributed by atoms with Gasteiger partial charge in [-0.15, -0.1) is 0 Å². The highest BCUT2D eigenvalue weighted by molar-refractivity contribution is 5.67. The van der Waals surface area contributed by atoms with Gasteiger partial charge in [0.1, 0.15) is 11.6 Å². The molecule has 0 saturated carbocycles. The Kier molecular flexibility index (Phi) is 3.36. The smallest absolute Gasteiger partial charge is 0.133 e. The van der Waals surface area contributed by atoms with Crippen molar-refractivity contribution in [1.29, 1.82) is 0 Å². The Morgan fingerprint density at radius 3 is 2.71 bits per heavy atom. The Bertz CT molecular complexity index is 659. The number of phenols is 1. The van der Waals surface area contributed by atoms with Crippen molar-refractivity contribution in [3.8, 4) is 5.75 Å². The predicted molar refractivity (Wildman–Crippen MR) is 86.4 cm³/mol. The molecule has 0 amide bonds. The van der Waals surface area contributed by atoms with E-state index in [1.165, 1.54) is 11.1 Å². The summed E-state index contributed by atoms with van der Waals surface area (Å²) in [7, 11) is 0. The van der Waals surface area contributed by atoms with Crippen molar-refractivity contribution in [2.45, 2.75) is 39.0 Å². The van der Waals surface area contributed by atoms with E-state index in [9.17, 15) is 5.11 Å². The minimum atomic E-state index is 0.106. The molecule has 0 bridgehead atoms. The molecule has 0 fully saturated rings. The van der Waals surface area contributed by atoms with Gasteiger partial charge in [-0.3, -0.25) is 0 Å². The van der Waals surface area contributed by atoms with Gasteiger partial charge < -0.3 is 10.0 Å². The standard InChI is InChI=1S/C18H22N2O/c1-18(2,3)14-8-9-19-17(11-14)20-10-4-5-13-6-7-15(21)12-16(13)20/h6-9,11-12,21H,4-5,10H2,1-3H3. The van der Waals surface area contributed by atoms with E-state index in [2.05, 4.69) is 42.8 Å². The topological polar surface area (TPSA) is 36.4 Å². The van der Waals surface area contributed by atoms with Crippen LogP contribution >= 0.6 is 0 Å². The first-order valence-electron chi connectivity index (χ1n) is 7.51. The Hall–Kier alpha value is -2.03. The van der Waals surface area contributed by atoms with Crippen LogP contribution in [0.25, 0.3) is 0 Å². The summed E-state index contributed by atoms with van der Waals surface area (Å²) >= 11 is 0. The second kappa shape index (κ2) is 5.06. The zero-order valence-corrected chi connectivity index (χ0v) is 12.9. The Morgan fingerprint density at radius 1 is 1.14 bits per heavy atom. The minimum absolute atomic E-state index is 0.106. The first-order valence-corrected chi connectivity index (χ1v) is 7.51. The normalized spacial score (nSPS) is 14.9. The average molecular weight is 282 g/mol. The third kappa shape index (κ3) is 2.73. The first kappa shape index (κ1) is 13.9. The van der Waals surface area contributed by atoms with E-state index in [4.69, 9.17) is 0 Å². The number of anilines is 2. The van der Waals surface area contributed by atoms with Gasteiger partial charge in [0.2, 0.25) is 0 Å². The zero-order valence-electron chi connectivity index (χ0n) is 12.9. The van der Waals surface area contributed by atoms with Crippen molar-refractivity contribution in [3.63, 3.8) is 0 Å². The fourth-order valence-electron chi connectivity index (χ4n) is 2.83. The fourth-order valence-corrected chi connectivity index (χ4v) is 2.83. The number of rotatable bonds is 1.